The minimum atomic E-state index is 0.945. The summed E-state index contributed by atoms with van der Waals surface area (Å²) in [5, 5.41) is 10.1. The second-order valence-corrected chi connectivity index (χ2v) is 10.4. The molecule has 0 amide bonds. The topological polar surface area (TPSA) is 17.0 Å². The molecule has 34 heavy (non-hydrogen) atoms. The standard InChI is InChI=1S/C31H20NOS/c1-17-27-19(12-11-18-7-3-4-8-20(18)27)15-25-28(17)30-29-22(13-14-32(30)2)31-23(16-26(29)34-25)21-9-5-6-10-24(21)33-31/h3-16H,1-2H3/q+1. The summed E-state index contributed by atoms with van der Waals surface area (Å²) in [4.78, 5) is 2.62. The van der Waals surface area contributed by atoms with E-state index in [0.717, 1.165) is 11.2 Å². The van der Waals surface area contributed by atoms with Gasteiger partial charge in [-0.15, -0.1) is 0 Å². The normalized spacial score (nSPS) is 12.9. The van der Waals surface area contributed by atoms with Gasteiger partial charge in [0.1, 0.15) is 18.2 Å². The highest BCUT2D eigenvalue weighted by molar-refractivity contribution is 7.99. The van der Waals surface area contributed by atoms with Crippen LogP contribution in [0.1, 0.15) is 5.56 Å². The van der Waals surface area contributed by atoms with Crippen LogP contribution in [0.15, 0.2) is 99.3 Å². The first-order valence-corrected chi connectivity index (χ1v) is 12.4. The molecular formula is C31H20NOS+. The summed E-state index contributed by atoms with van der Waals surface area (Å²) in [6, 6.07) is 28.5. The average molecular weight is 455 g/mol. The van der Waals surface area contributed by atoms with E-state index in [9.17, 15) is 0 Å². The number of para-hydroxylation sites is 1. The second-order valence-electron chi connectivity index (χ2n) is 9.28. The lowest BCUT2D eigenvalue weighted by Crippen LogP contribution is -2.31. The molecule has 0 saturated carbocycles. The molecule has 160 valence electrons. The van der Waals surface area contributed by atoms with E-state index >= 15 is 0 Å². The summed E-state index contributed by atoms with van der Waals surface area (Å²) in [5.74, 6) is 0. The number of aryl methyl sites for hydroxylation is 2. The number of fused-ring (bicyclic) bond motifs is 9. The van der Waals surface area contributed by atoms with Gasteiger partial charge in [0.2, 0.25) is 5.69 Å². The van der Waals surface area contributed by atoms with Gasteiger partial charge < -0.3 is 4.42 Å². The van der Waals surface area contributed by atoms with Crippen molar-refractivity contribution >= 4 is 66.0 Å². The number of furan rings is 1. The molecule has 0 radical (unpaired) electrons. The number of rotatable bonds is 0. The molecular weight excluding hydrogens is 434 g/mol. The smallest absolute Gasteiger partial charge is 0.222 e. The van der Waals surface area contributed by atoms with Crippen LogP contribution in [-0.4, -0.2) is 0 Å². The lowest BCUT2D eigenvalue weighted by atomic mass is 9.91. The van der Waals surface area contributed by atoms with E-state index < -0.39 is 0 Å². The van der Waals surface area contributed by atoms with Crippen molar-refractivity contribution < 1.29 is 8.98 Å². The van der Waals surface area contributed by atoms with Gasteiger partial charge in [-0.25, -0.2) is 4.57 Å². The number of benzene rings is 5. The summed E-state index contributed by atoms with van der Waals surface area (Å²) < 4.78 is 8.69. The zero-order valence-corrected chi connectivity index (χ0v) is 19.7. The van der Waals surface area contributed by atoms with Crippen LogP contribution in [0.4, 0.5) is 0 Å². The van der Waals surface area contributed by atoms with Gasteiger partial charge in [-0.2, -0.15) is 0 Å². The largest absolute Gasteiger partial charge is 0.455 e. The van der Waals surface area contributed by atoms with Crippen LogP contribution in [-0.2, 0) is 7.05 Å². The first-order chi connectivity index (χ1) is 16.7. The molecule has 2 nitrogen and oxygen atoms in total. The van der Waals surface area contributed by atoms with Crippen molar-refractivity contribution in [1.82, 2.24) is 0 Å². The summed E-state index contributed by atoms with van der Waals surface area (Å²) in [5.41, 5.74) is 5.88. The van der Waals surface area contributed by atoms with E-state index in [0.29, 0.717) is 0 Å². The van der Waals surface area contributed by atoms with Gasteiger partial charge in [0.25, 0.3) is 0 Å². The molecule has 1 aliphatic heterocycles. The fraction of sp³-hybridized carbons (Fsp3) is 0.0645. The zero-order chi connectivity index (χ0) is 22.6. The highest BCUT2D eigenvalue weighted by Crippen LogP contribution is 2.52. The molecule has 0 fully saturated rings. The van der Waals surface area contributed by atoms with E-state index in [4.69, 9.17) is 4.42 Å². The van der Waals surface area contributed by atoms with Crippen molar-refractivity contribution in [3.8, 4) is 11.3 Å². The summed E-state index contributed by atoms with van der Waals surface area (Å²) in [6.45, 7) is 2.29. The molecule has 3 heteroatoms. The maximum absolute atomic E-state index is 6.41. The third kappa shape index (κ3) is 2.25. The predicted molar refractivity (Wildman–Crippen MR) is 142 cm³/mol. The van der Waals surface area contributed by atoms with Crippen molar-refractivity contribution in [2.24, 2.45) is 7.05 Å². The van der Waals surface area contributed by atoms with E-state index in [2.05, 4.69) is 97.5 Å². The molecule has 5 aromatic carbocycles. The Morgan fingerprint density at radius 2 is 1.50 bits per heavy atom. The fourth-order valence-corrected chi connectivity index (χ4v) is 7.18. The van der Waals surface area contributed by atoms with Gasteiger partial charge in [-0.05, 0) is 52.2 Å². The van der Waals surface area contributed by atoms with Crippen molar-refractivity contribution in [2.75, 3.05) is 0 Å². The SMILES string of the molecule is Cc1c2c(cc3ccc4ccccc4c13)Sc1cc3c4ccccc4oc3c3cc[n+](C)c-2c13. The van der Waals surface area contributed by atoms with Crippen molar-refractivity contribution in [3.63, 3.8) is 0 Å². The Morgan fingerprint density at radius 3 is 2.41 bits per heavy atom. The number of nitrogens with zero attached hydrogens (tertiary/aromatic N) is 1. The van der Waals surface area contributed by atoms with Crippen LogP contribution >= 0.6 is 11.8 Å². The third-order valence-electron chi connectivity index (χ3n) is 7.42. The van der Waals surface area contributed by atoms with E-state index in [1.807, 2.05) is 17.8 Å². The molecule has 0 spiro atoms. The molecule has 3 heterocycles. The molecule has 0 bridgehead atoms. The molecule has 0 atom stereocenters. The minimum Gasteiger partial charge on any atom is -0.455 e. The highest BCUT2D eigenvalue weighted by atomic mass is 32.2. The first-order valence-electron chi connectivity index (χ1n) is 11.6. The lowest BCUT2D eigenvalue weighted by molar-refractivity contribution is -0.659. The quantitative estimate of drug-likeness (QED) is 0.169. The monoisotopic (exact) mass is 454 g/mol. The Bertz CT molecular complexity index is 2010. The van der Waals surface area contributed by atoms with Crippen molar-refractivity contribution in [2.45, 2.75) is 16.7 Å². The Labute approximate surface area is 200 Å². The van der Waals surface area contributed by atoms with Gasteiger partial charge in [-0.3, -0.25) is 0 Å². The van der Waals surface area contributed by atoms with Crippen LogP contribution in [0.25, 0.3) is 65.5 Å². The van der Waals surface area contributed by atoms with Crippen molar-refractivity contribution in [3.05, 3.63) is 90.6 Å². The Hall–Kier alpha value is -3.82. The predicted octanol–water partition coefficient (Wildman–Crippen LogP) is 8.31. The molecule has 1 aliphatic rings. The summed E-state index contributed by atoms with van der Waals surface area (Å²) in [6.07, 6.45) is 2.18. The molecule has 0 saturated heterocycles. The second kappa shape index (κ2) is 6.40. The third-order valence-corrected chi connectivity index (χ3v) is 8.51. The van der Waals surface area contributed by atoms with Gasteiger partial charge in [-0.1, -0.05) is 66.4 Å². The first kappa shape index (κ1) is 18.6. The summed E-state index contributed by atoms with van der Waals surface area (Å²) >= 11 is 1.89. The van der Waals surface area contributed by atoms with Gasteiger partial charge >= 0.3 is 0 Å². The average Bonchev–Trinajstić information content (AvgIpc) is 3.23. The van der Waals surface area contributed by atoms with Crippen LogP contribution < -0.4 is 4.57 Å². The number of aromatic nitrogens is 1. The maximum atomic E-state index is 6.41. The highest BCUT2D eigenvalue weighted by Gasteiger charge is 2.31. The van der Waals surface area contributed by atoms with Crippen LogP contribution in [0.2, 0.25) is 0 Å². The Kier molecular flexibility index (Phi) is 3.50. The van der Waals surface area contributed by atoms with E-state index in [1.165, 1.54) is 69.7 Å². The summed E-state index contributed by atoms with van der Waals surface area (Å²) in [7, 11) is 2.16. The van der Waals surface area contributed by atoms with Crippen molar-refractivity contribution in [1.29, 1.82) is 0 Å². The number of pyridine rings is 1. The van der Waals surface area contributed by atoms with Crippen LogP contribution in [0.5, 0.6) is 0 Å². The minimum absolute atomic E-state index is 0.945. The molecule has 7 aromatic rings. The molecule has 0 N–H and O–H groups in total. The number of hydrogen-bond donors (Lipinski definition) is 0. The van der Waals surface area contributed by atoms with E-state index in [-0.39, 0.29) is 0 Å². The van der Waals surface area contributed by atoms with Gasteiger partial charge in [0, 0.05) is 32.0 Å². The molecule has 2 aromatic heterocycles. The Morgan fingerprint density at radius 1 is 0.706 bits per heavy atom. The number of hydrogen-bond acceptors (Lipinski definition) is 2. The van der Waals surface area contributed by atoms with Crippen LogP contribution in [0, 0.1) is 6.92 Å². The van der Waals surface area contributed by atoms with Gasteiger partial charge in [0.15, 0.2) is 6.20 Å². The van der Waals surface area contributed by atoms with E-state index in [1.54, 1.807) is 0 Å². The molecule has 0 unspecified atom stereocenters. The Balaban J connectivity index is 1.57. The molecule has 8 rings (SSSR count). The van der Waals surface area contributed by atoms with Crippen LogP contribution in [0.3, 0.4) is 0 Å². The maximum Gasteiger partial charge on any atom is 0.222 e. The van der Waals surface area contributed by atoms with Gasteiger partial charge in [0.05, 0.1) is 10.9 Å². The zero-order valence-electron chi connectivity index (χ0n) is 18.8. The fourth-order valence-electron chi connectivity index (χ4n) is 5.92. The molecule has 0 aliphatic carbocycles. The lowest BCUT2D eigenvalue weighted by Gasteiger charge is -2.21.